The number of ether oxygens (including phenoxy) is 1. The molecule has 0 bridgehead atoms. The Morgan fingerprint density at radius 2 is 1.73 bits per heavy atom. The highest BCUT2D eigenvalue weighted by atomic mass is 16.5. The first-order chi connectivity index (χ1) is 19.4. The standard InChI is InChI=1S/C30H26N4O6/c35-25(16-33-10-11-40-26(36)17-33)34-14-20-6-8-22(12-21(20)15-34)31-28(18-4-2-1-3-5-18)27-23-9-7-19(30(38)39)13-24(23)32-29(27)37/h1-9,12-13,31H,10-11,14-17H2,(H,32,37)(H,38,39)/b28-27-. The van der Waals surface area contributed by atoms with Gasteiger partial charge in [0.1, 0.15) is 6.61 Å². The molecule has 0 unspecified atom stereocenters. The van der Waals surface area contributed by atoms with E-state index < -0.39 is 5.97 Å². The van der Waals surface area contributed by atoms with E-state index in [1.807, 2.05) is 48.5 Å². The maximum atomic E-state index is 13.2. The van der Waals surface area contributed by atoms with E-state index in [0.29, 0.717) is 48.8 Å². The number of carboxylic acid groups (broad SMARTS) is 1. The molecule has 3 heterocycles. The van der Waals surface area contributed by atoms with E-state index in [9.17, 15) is 24.3 Å². The third-order valence-electron chi connectivity index (χ3n) is 7.26. The van der Waals surface area contributed by atoms with Gasteiger partial charge in [0.05, 0.1) is 35.6 Å². The monoisotopic (exact) mass is 538 g/mol. The molecular weight excluding hydrogens is 512 g/mol. The SMILES string of the molecule is O=C1CN(CC(=O)N2Cc3ccc(N/C(=C4\C(=O)Nc5cc(C(=O)O)ccc54)c4ccccc4)cc3C2)CCO1. The van der Waals surface area contributed by atoms with Crippen LogP contribution in [0, 0.1) is 0 Å². The van der Waals surface area contributed by atoms with Crippen molar-refractivity contribution < 1.29 is 29.0 Å². The summed E-state index contributed by atoms with van der Waals surface area (Å²) in [5.41, 5.74) is 5.72. The highest BCUT2D eigenvalue weighted by Crippen LogP contribution is 2.38. The van der Waals surface area contributed by atoms with Gasteiger partial charge in [-0.2, -0.15) is 0 Å². The minimum Gasteiger partial charge on any atom is -0.478 e. The van der Waals surface area contributed by atoms with Crippen LogP contribution in [0.5, 0.6) is 0 Å². The number of hydrogen-bond acceptors (Lipinski definition) is 7. The van der Waals surface area contributed by atoms with Gasteiger partial charge in [0.15, 0.2) is 0 Å². The number of fused-ring (bicyclic) bond motifs is 2. The summed E-state index contributed by atoms with van der Waals surface area (Å²) >= 11 is 0. The van der Waals surface area contributed by atoms with E-state index in [1.165, 1.54) is 12.1 Å². The van der Waals surface area contributed by atoms with Gasteiger partial charge in [-0.15, -0.1) is 0 Å². The zero-order chi connectivity index (χ0) is 27.8. The summed E-state index contributed by atoms with van der Waals surface area (Å²) in [4.78, 5) is 52.7. The highest BCUT2D eigenvalue weighted by Gasteiger charge is 2.30. The largest absolute Gasteiger partial charge is 0.478 e. The van der Waals surface area contributed by atoms with Gasteiger partial charge in [0, 0.05) is 30.9 Å². The average Bonchev–Trinajstić information content (AvgIpc) is 3.52. The second-order valence-corrected chi connectivity index (χ2v) is 9.93. The number of benzene rings is 3. The molecule has 2 amide bonds. The third-order valence-corrected chi connectivity index (χ3v) is 7.26. The van der Waals surface area contributed by atoms with Gasteiger partial charge in [0.25, 0.3) is 5.91 Å². The molecular formula is C30H26N4O6. The van der Waals surface area contributed by atoms with Gasteiger partial charge in [-0.3, -0.25) is 19.3 Å². The van der Waals surface area contributed by atoms with Gasteiger partial charge in [-0.1, -0.05) is 42.5 Å². The molecule has 0 aliphatic carbocycles. The first-order valence-electron chi connectivity index (χ1n) is 12.9. The van der Waals surface area contributed by atoms with E-state index >= 15 is 0 Å². The van der Waals surface area contributed by atoms with Gasteiger partial charge >= 0.3 is 11.9 Å². The smallest absolute Gasteiger partial charge is 0.335 e. The maximum absolute atomic E-state index is 13.2. The van der Waals surface area contributed by atoms with Crippen LogP contribution < -0.4 is 10.6 Å². The molecule has 10 heteroatoms. The fourth-order valence-corrected chi connectivity index (χ4v) is 5.25. The molecule has 1 fully saturated rings. The Morgan fingerprint density at radius 3 is 2.50 bits per heavy atom. The Morgan fingerprint density at radius 1 is 0.925 bits per heavy atom. The third kappa shape index (κ3) is 4.92. The number of nitrogens with zero attached hydrogens (tertiary/aromatic N) is 2. The van der Waals surface area contributed by atoms with Gasteiger partial charge in [-0.05, 0) is 41.0 Å². The zero-order valence-corrected chi connectivity index (χ0v) is 21.5. The van der Waals surface area contributed by atoms with Crippen molar-refractivity contribution in [3.63, 3.8) is 0 Å². The summed E-state index contributed by atoms with van der Waals surface area (Å²) in [6, 6.07) is 19.9. The van der Waals surface area contributed by atoms with Crippen LogP contribution >= 0.6 is 0 Å². The molecule has 3 aliphatic heterocycles. The van der Waals surface area contributed by atoms with Crippen molar-refractivity contribution in [2.75, 3.05) is 36.9 Å². The number of carbonyl (C=O) groups is 4. The average molecular weight is 539 g/mol. The van der Waals surface area contributed by atoms with Crippen molar-refractivity contribution in [1.82, 2.24) is 9.80 Å². The number of morpholine rings is 1. The lowest BCUT2D eigenvalue weighted by molar-refractivity contribution is -0.151. The van der Waals surface area contributed by atoms with Crippen molar-refractivity contribution in [1.29, 1.82) is 0 Å². The van der Waals surface area contributed by atoms with Crippen LogP contribution in [0.2, 0.25) is 0 Å². The van der Waals surface area contributed by atoms with Crippen LogP contribution in [0.4, 0.5) is 11.4 Å². The number of anilines is 2. The molecule has 0 radical (unpaired) electrons. The number of carbonyl (C=O) groups excluding carboxylic acids is 3. The van der Waals surface area contributed by atoms with Gasteiger partial charge in [0.2, 0.25) is 5.91 Å². The van der Waals surface area contributed by atoms with Crippen molar-refractivity contribution in [2.24, 2.45) is 0 Å². The van der Waals surface area contributed by atoms with Gasteiger partial charge < -0.3 is 25.4 Å². The number of cyclic esters (lactones) is 1. The maximum Gasteiger partial charge on any atom is 0.335 e. The molecule has 3 N–H and O–H groups in total. The molecule has 0 saturated carbocycles. The zero-order valence-electron chi connectivity index (χ0n) is 21.5. The Hall–Kier alpha value is -4.96. The molecule has 3 aromatic rings. The molecule has 40 heavy (non-hydrogen) atoms. The van der Waals surface area contributed by atoms with Crippen molar-refractivity contribution in [3.8, 4) is 0 Å². The minimum absolute atomic E-state index is 0.0486. The quantitative estimate of drug-likeness (QED) is 0.323. The predicted octanol–water partition coefficient (Wildman–Crippen LogP) is 3.02. The van der Waals surface area contributed by atoms with Crippen LogP contribution in [0.25, 0.3) is 11.3 Å². The molecule has 6 rings (SSSR count). The topological polar surface area (TPSA) is 128 Å². The van der Waals surface area contributed by atoms with E-state index in [4.69, 9.17) is 4.74 Å². The lowest BCUT2D eigenvalue weighted by Crippen LogP contribution is -2.45. The molecule has 10 nitrogen and oxygen atoms in total. The molecule has 202 valence electrons. The van der Waals surface area contributed by atoms with E-state index in [0.717, 1.165) is 22.4 Å². The number of hydrogen-bond donors (Lipinski definition) is 3. The number of nitrogens with one attached hydrogen (secondary N) is 2. The molecule has 0 aromatic heterocycles. The lowest BCUT2D eigenvalue weighted by atomic mass is 9.98. The summed E-state index contributed by atoms with van der Waals surface area (Å²) in [5, 5.41) is 15.6. The fraction of sp³-hybridized carbons (Fsp3) is 0.200. The van der Waals surface area contributed by atoms with Crippen molar-refractivity contribution in [3.05, 3.63) is 94.5 Å². The van der Waals surface area contributed by atoms with Crippen molar-refractivity contribution in [2.45, 2.75) is 13.1 Å². The first-order valence-corrected chi connectivity index (χ1v) is 12.9. The van der Waals surface area contributed by atoms with Crippen LogP contribution in [0.15, 0.2) is 66.7 Å². The van der Waals surface area contributed by atoms with E-state index in [1.54, 1.807) is 15.9 Å². The summed E-state index contributed by atoms with van der Waals surface area (Å²) in [5.74, 6) is -1.76. The molecule has 3 aromatic carbocycles. The van der Waals surface area contributed by atoms with Gasteiger partial charge in [-0.25, -0.2) is 4.79 Å². The lowest BCUT2D eigenvalue weighted by Gasteiger charge is -2.27. The number of amides is 2. The Balaban J connectivity index is 1.27. The Bertz CT molecular complexity index is 1580. The molecule has 1 saturated heterocycles. The first kappa shape index (κ1) is 25.3. The molecule has 3 aliphatic rings. The Labute approximate surface area is 229 Å². The number of rotatable bonds is 6. The summed E-state index contributed by atoms with van der Waals surface area (Å²) in [6.45, 7) is 2.05. The number of carboxylic acids is 1. The van der Waals surface area contributed by atoms with Crippen LogP contribution in [-0.4, -0.2) is 64.9 Å². The summed E-state index contributed by atoms with van der Waals surface area (Å²) in [6.07, 6.45) is 0. The number of aromatic carboxylic acids is 1. The Kier molecular flexibility index (Phi) is 6.53. The molecule has 0 spiro atoms. The van der Waals surface area contributed by atoms with E-state index in [2.05, 4.69) is 10.6 Å². The van der Waals surface area contributed by atoms with Crippen LogP contribution in [-0.2, 0) is 32.2 Å². The predicted molar refractivity (Wildman–Crippen MR) is 147 cm³/mol. The van der Waals surface area contributed by atoms with Crippen molar-refractivity contribution >= 4 is 46.4 Å². The summed E-state index contributed by atoms with van der Waals surface area (Å²) < 4.78 is 4.96. The minimum atomic E-state index is -1.07. The normalized spacial score (nSPS) is 17.6. The summed E-state index contributed by atoms with van der Waals surface area (Å²) in [7, 11) is 0. The van der Waals surface area contributed by atoms with Crippen LogP contribution in [0.1, 0.15) is 32.6 Å². The second-order valence-electron chi connectivity index (χ2n) is 9.93. The van der Waals surface area contributed by atoms with Crippen LogP contribution in [0.3, 0.4) is 0 Å². The van der Waals surface area contributed by atoms with E-state index in [-0.39, 0.29) is 36.4 Å². The highest BCUT2D eigenvalue weighted by molar-refractivity contribution is 6.37. The number of esters is 1. The molecule has 0 atom stereocenters. The fourth-order valence-electron chi connectivity index (χ4n) is 5.25. The second kappa shape index (κ2) is 10.3.